The van der Waals surface area contributed by atoms with Crippen molar-refractivity contribution in [2.75, 3.05) is 5.32 Å². The summed E-state index contributed by atoms with van der Waals surface area (Å²) < 4.78 is 32.8. The monoisotopic (exact) mass is 452 g/mol. The molecule has 0 fully saturated rings. The topological polar surface area (TPSA) is 72.2 Å². The predicted molar refractivity (Wildman–Crippen MR) is 123 cm³/mol. The Morgan fingerprint density at radius 3 is 2.19 bits per heavy atom. The number of oxazole rings is 1. The molecular formula is C24H21ClN2O3S. The normalized spacial score (nSPS) is 11.5. The first-order valence-electron chi connectivity index (χ1n) is 9.67. The van der Waals surface area contributed by atoms with Crippen LogP contribution in [0.1, 0.15) is 16.7 Å². The number of hydrogen-bond donors (Lipinski definition) is 1. The Balaban J connectivity index is 1.88. The first-order valence-corrected chi connectivity index (χ1v) is 11.5. The fourth-order valence-electron chi connectivity index (χ4n) is 3.40. The molecule has 1 heterocycles. The van der Waals surface area contributed by atoms with Gasteiger partial charge in [0.1, 0.15) is 0 Å². The van der Waals surface area contributed by atoms with Gasteiger partial charge < -0.3 is 9.73 Å². The number of benzene rings is 3. The van der Waals surface area contributed by atoms with Crippen molar-refractivity contribution in [3.8, 4) is 11.5 Å². The summed E-state index contributed by atoms with van der Waals surface area (Å²) >= 11 is 5.94. The van der Waals surface area contributed by atoms with Crippen LogP contribution in [0.3, 0.4) is 0 Å². The molecule has 0 radical (unpaired) electrons. The minimum absolute atomic E-state index is 0.0678. The van der Waals surface area contributed by atoms with Crippen molar-refractivity contribution in [2.45, 2.75) is 30.7 Å². The lowest BCUT2D eigenvalue weighted by atomic mass is 10.1. The molecule has 1 aromatic heterocycles. The van der Waals surface area contributed by atoms with Gasteiger partial charge in [-0.05, 0) is 79.9 Å². The van der Waals surface area contributed by atoms with Crippen LogP contribution < -0.4 is 5.32 Å². The van der Waals surface area contributed by atoms with Crippen LogP contribution in [0.5, 0.6) is 0 Å². The molecule has 0 saturated carbocycles. The van der Waals surface area contributed by atoms with Crippen molar-refractivity contribution in [3.63, 3.8) is 0 Å². The van der Waals surface area contributed by atoms with Crippen molar-refractivity contribution in [2.24, 2.45) is 0 Å². The minimum atomic E-state index is -3.95. The first kappa shape index (κ1) is 21.2. The summed E-state index contributed by atoms with van der Waals surface area (Å²) in [6.07, 6.45) is 0. The number of anilines is 2. The van der Waals surface area contributed by atoms with Crippen LogP contribution in [0, 0.1) is 20.8 Å². The van der Waals surface area contributed by atoms with Gasteiger partial charge in [-0.15, -0.1) is 0 Å². The van der Waals surface area contributed by atoms with E-state index in [9.17, 15) is 8.42 Å². The molecule has 0 aliphatic carbocycles. The van der Waals surface area contributed by atoms with Crippen LogP contribution in [0.25, 0.3) is 11.5 Å². The molecule has 158 valence electrons. The largest absolute Gasteiger partial charge is 0.419 e. The Morgan fingerprint density at radius 2 is 1.55 bits per heavy atom. The van der Waals surface area contributed by atoms with Gasteiger partial charge in [-0.25, -0.2) is 8.42 Å². The molecule has 7 heteroatoms. The predicted octanol–water partition coefficient (Wildman–Crippen LogP) is 6.50. The van der Waals surface area contributed by atoms with Crippen LogP contribution in [0.2, 0.25) is 5.02 Å². The number of aromatic nitrogens is 1. The molecule has 0 spiro atoms. The van der Waals surface area contributed by atoms with Crippen molar-refractivity contribution < 1.29 is 12.8 Å². The average Bonchev–Trinajstić information content (AvgIpc) is 3.12. The van der Waals surface area contributed by atoms with E-state index in [1.165, 1.54) is 24.3 Å². The van der Waals surface area contributed by atoms with Gasteiger partial charge in [0.25, 0.3) is 0 Å². The molecular weight excluding hydrogens is 432 g/mol. The second-order valence-corrected chi connectivity index (χ2v) is 9.73. The molecule has 5 nitrogen and oxygen atoms in total. The van der Waals surface area contributed by atoms with Gasteiger partial charge in [0.2, 0.25) is 26.6 Å². The highest BCUT2D eigenvalue weighted by molar-refractivity contribution is 7.91. The van der Waals surface area contributed by atoms with E-state index in [1.807, 2.05) is 63.2 Å². The third kappa shape index (κ3) is 4.36. The fraction of sp³-hybridized carbons (Fsp3) is 0.125. The van der Waals surface area contributed by atoms with Gasteiger partial charge in [-0.3, -0.25) is 0 Å². The zero-order chi connectivity index (χ0) is 22.2. The van der Waals surface area contributed by atoms with Gasteiger partial charge in [0.05, 0.1) is 4.90 Å². The summed E-state index contributed by atoms with van der Waals surface area (Å²) in [7, 11) is -3.95. The lowest BCUT2D eigenvalue weighted by Crippen LogP contribution is -2.05. The summed E-state index contributed by atoms with van der Waals surface area (Å²) in [5.41, 5.74) is 4.46. The SMILES string of the molecule is Cc1cc(C)cc(Nc2oc(-c3ccccc3C)nc2S(=O)(=O)c2ccc(Cl)cc2)c1. The molecule has 0 atom stereocenters. The van der Waals surface area contributed by atoms with Crippen LogP contribution in [0.15, 0.2) is 81.1 Å². The lowest BCUT2D eigenvalue weighted by Gasteiger charge is -2.08. The van der Waals surface area contributed by atoms with E-state index in [0.717, 1.165) is 27.9 Å². The van der Waals surface area contributed by atoms with Gasteiger partial charge in [0.15, 0.2) is 0 Å². The summed E-state index contributed by atoms with van der Waals surface area (Å²) in [5, 5.41) is 3.39. The molecule has 0 amide bonds. The van der Waals surface area contributed by atoms with Gasteiger partial charge in [-0.1, -0.05) is 35.9 Å². The lowest BCUT2D eigenvalue weighted by molar-refractivity contribution is 0.581. The van der Waals surface area contributed by atoms with Gasteiger partial charge in [0, 0.05) is 16.3 Å². The zero-order valence-corrected chi connectivity index (χ0v) is 18.9. The van der Waals surface area contributed by atoms with Crippen molar-refractivity contribution in [1.82, 2.24) is 4.98 Å². The Morgan fingerprint density at radius 1 is 0.903 bits per heavy atom. The van der Waals surface area contributed by atoms with Crippen LogP contribution >= 0.6 is 11.6 Å². The number of rotatable bonds is 5. The number of aryl methyl sites for hydroxylation is 3. The summed E-state index contributed by atoms with van der Waals surface area (Å²) in [6, 6.07) is 19.4. The van der Waals surface area contributed by atoms with E-state index < -0.39 is 9.84 Å². The summed E-state index contributed by atoms with van der Waals surface area (Å²) in [6.45, 7) is 5.87. The number of nitrogens with zero attached hydrogens (tertiary/aromatic N) is 1. The van der Waals surface area contributed by atoms with Crippen LogP contribution in [0.4, 0.5) is 11.6 Å². The first-order chi connectivity index (χ1) is 14.7. The van der Waals surface area contributed by atoms with E-state index in [4.69, 9.17) is 16.0 Å². The standard InChI is InChI=1S/C24H21ClN2O3S/c1-15-12-16(2)14-19(13-15)26-23-24(31(28,29)20-10-8-18(25)9-11-20)27-22(30-23)21-7-5-4-6-17(21)3/h4-14,26H,1-3H3. The quantitative estimate of drug-likeness (QED) is 0.374. The van der Waals surface area contributed by atoms with Crippen molar-refractivity contribution in [1.29, 1.82) is 0 Å². The maximum absolute atomic E-state index is 13.4. The second-order valence-electron chi connectivity index (χ2n) is 7.43. The average molecular weight is 453 g/mol. The van der Waals surface area contributed by atoms with E-state index in [-0.39, 0.29) is 21.7 Å². The zero-order valence-electron chi connectivity index (χ0n) is 17.3. The highest BCUT2D eigenvalue weighted by Crippen LogP contribution is 2.35. The molecule has 0 aliphatic heterocycles. The van der Waals surface area contributed by atoms with E-state index in [1.54, 1.807) is 0 Å². The molecule has 0 aliphatic rings. The number of hydrogen-bond acceptors (Lipinski definition) is 5. The van der Waals surface area contributed by atoms with Gasteiger partial charge >= 0.3 is 0 Å². The maximum atomic E-state index is 13.4. The van der Waals surface area contributed by atoms with E-state index in [0.29, 0.717) is 5.02 Å². The summed E-state index contributed by atoms with van der Waals surface area (Å²) in [4.78, 5) is 4.49. The third-order valence-electron chi connectivity index (χ3n) is 4.83. The molecule has 0 saturated heterocycles. The molecule has 3 aromatic carbocycles. The summed E-state index contributed by atoms with van der Waals surface area (Å²) in [5.74, 6) is 0.302. The molecule has 4 aromatic rings. The Kier molecular flexibility index (Phi) is 5.60. The van der Waals surface area contributed by atoms with Crippen LogP contribution in [-0.2, 0) is 9.84 Å². The minimum Gasteiger partial charge on any atom is -0.419 e. The Labute approximate surface area is 186 Å². The number of halogens is 1. The number of sulfone groups is 1. The molecule has 31 heavy (non-hydrogen) atoms. The van der Waals surface area contributed by atoms with E-state index >= 15 is 0 Å². The maximum Gasteiger partial charge on any atom is 0.238 e. The smallest absolute Gasteiger partial charge is 0.238 e. The van der Waals surface area contributed by atoms with E-state index in [2.05, 4.69) is 10.3 Å². The Bertz CT molecular complexity index is 1340. The highest BCUT2D eigenvalue weighted by Gasteiger charge is 2.29. The molecule has 0 bridgehead atoms. The number of nitrogens with one attached hydrogen (secondary N) is 1. The highest BCUT2D eigenvalue weighted by atomic mass is 35.5. The third-order valence-corrected chi connectivity index (χ3v) is 6.76. The second kappa shape index (κ2) is 8.21. The van der Waals surface area contributed by atoms with Crippen LogP contribution in [-0.4, -0.2) is 13.4 Å². The Hall–Kier alpha value is -3.09. The molecule has 4 rings (SSSR count). The van der Waals surface area contributed by atoms with Crippen molar-refractivity contribution in [3.05, 3.63) is 88.4 Å². The van der Waals surface area contributed by atoms with Gasteiger partial charge in [-0.2, -0.15) is 4.98 Å². The van der Waals surface area contributed by atoms with Crippen molar-refractivity contribution >= 4 is 33.0 Å². The fourth-order valence-corrected chi connectivity index (χ4v) is 4.78. The molecule has 0 unspecified atom stereocenters. The molecule has 1 N–H and O–H groups in total.